The number of carboxylic acid groups (broad SMARTS) is 2. The normalized spacial score (nSPS) is 15.4. The van der Waals surface area contributed by atoms with Crippen LogP contribution in [0, 0.1) is 0 Å². The SMILES string of the molecule is O=C(O)N1C=CC=CC1.O=C(O)N1C=CC=CC1.[Mn]. The van der Waals surface area contributed by atoms with E-state index in [1.807, 2.05) is 12.2 Å². The van der Waals surface area contributed by atoms with E-state index >= 15 is 0 Å². The van der Waals surface area contributed by atoms with Crippen molar-refractivity contribution >= 4 is 12.2 Å². The second-order valence-corrected chi connectivity index (χ2v) is 3.41. The van der Waals surface area contributed by atoms with Crippen LogP contribution >= 0.6 is 0 Å². The van der Waals surface area contributed by atoms with E-state index in [2.05, 4.69) is 0 Å². The Bertz CT molecular complexity index is 389. The molecule has 2 aliphatic heterocycles. The number of rotatable bonds is 0. The molecule has 6 nitrogen and oxygen atoms in total. The zero-order valence-corrected chi connectivity index (χ0v) is 11.2. The molecule has 19 heavy (non-hydrogen) atoms. The molecular formula is C12H14MnN2O4. The molecule has 2 N–H and O–H groups in total. The molecule has 1 radical (unpaired) electrons. The van der Waals surface area contributed by atoms with Gasteiger partial charge in [0.15, 0.2) is 0 Å². The largest absolute Gasteiger partial charge is 0.465 e. The van der Waals surface area contributed by atoms with E-state index in [0.717, 1.165) is 0 Å². The molecular weight excluding hydrogens is 291 g/mol. The standard InChI is InChI=1S/2C6H7NO2.Mn/c2*8-6(9)7-4-2-1-3-5-7;/h2*1-4H,5H2,(H,8,9);. The van der Waals surface area contributed by atoms with Crippen LogP contribution < -0.4 is 0 Å². The summed E-state index contributed by atoms with van der Waals surface area (Å²) in [5, 5.41) is 16.8. The second-order valence-electron chi connectivity index (χ2n) is 3.41. The third-order valence-electron chi connectivity index (χ3n) is 2.12. The summed E-state index contributed by atoms with van der Waals surface area (Å²) in [7, 11) is 0. The Morgan fingerprint density at radius 3 is 1.32 bits per heavy atom. The average molecular weight is 305 g/mol. The summed E-state index contributed by atoms with van der Waals surface area (Å²) in [5.74, 6) is 0. The third-order valence-corrected chi connectivity index (χ3v) is 2.12. The summed E-state index contributed by atoms with van der Waals surface area (Å²) in [6.07, 6.45) is 11.8. The van der Waals surface area contributed by atoms with E-state index in [1.54, 1.807) is 24.3 Å². The van der Waals surface area contributed by atoms with Crippen LogP contribution in [-0.2, 0) is 17.1 Å². The Balaban J connectivity index is 0.000000324. The fourth-order valence-corrected chi connectivity index (χ4v) is 1.22. The van der Waals surface area contributed by atoms with E-state index in [-0.39, 0.29) is 17.1 Å². The summed E-state index contributed by atoms with van der Waals surface area (Å²) in [4.78, 5) is 22.8. The maximum atomic E-state index is 10.2. The van der Waals surface area contributed by atoms with Gasteiger partial charge in [-0.25, -0.2) is 9.59 Å². The molecule has 0 spiro atoms. The van der Waals surface area contributed by atoms with Gasteiger partial charge in [0.2, 0.25) is 0 Å². The first-order valence-corrected chi connectivity index (χ1v) is 5.27. The van der Waals surface area contributed by atoms with Gasteiger partial charge in [-0.2, -0.15) is 0 Å². The first-order valence-electron chi connectivity index (χ1n) is 5.27. The predicted octanol–water partition coefficient (Wildman–Crippen LogP) is 2.10. The van der Waals surface area contributed by atoms with Gasteiger partial charge >= 0.3 is 12.2 Å². The van der Waals surface area contributed by atoms with Crippen molar-refractivity contribution in [3.8, 4) is 0 Å². The zero-order valence-electron chi connectivity index (χ0n) is 10.0. The van der Waals surface area contributed by atoms with Gasteiger partial charge in [-0.15, -0.1) is 0 Å². The van der Waals surface area contributed by atoms with Gasteiger partial charge in [-0.05, 0) is 12.2 Å². The Morgan fingerprint density at radius 1 is 0.789 bits per heavy atom. The molecule has 7 heteroatoms. The molecule has 0 aromatic carbocycles. The number of nitrogens with zero attached hydrogens (tertiary/aromatic N) is 2. The molecule has 0 unspecified atom stereocenters. The van der Waals surface area contributed by atoms with Gasteiger partial charge in [0.25, 0.3) is 0 Å². The average Bonchev–Trinajstić information content (AvgIpc) is 2.41. The van der Waals surface area contributed by atoms with Crippen molar-refractivity contribution in [1.82, 2.24) is 9.80 Å². The number of allylic oxidation sites excluding steroid dienone is 4. The molecule has 0 fully saturated rings. The van der Waals surface area contributed by atoms with Gasteiger partial charge < -0.3 is 10.2 Å². The molecule has 2 heterocycles. The Labute approximate surface area is 121 Å². The molecule has 0 atom stereocenters. The van der Waals surface area contributed by atoms with Crippen molar-refractivity contribution in [2.24, 2.45) is 0 Å². The zero-order chi connectivity index (χ0) is 13.4. The number of carbonyl (C=O) groups is 2. The molecule has 0 saturated carbocycles. The first-order chi connectivity index (χ1) is 8.61. The van der Waals surface area contributed by atoms with Crippen molar-refractivity contribution in [3.05, 3.63) is 48.9 Å². The van der Waals surface area contributed by atoms with Gasteiger partial charge in [-0.3, -0.25) is 9.80 Å². The van der Waals surface area contributed by atoms with E-state index in [0.29, 0.717) is 13.1 Å². The van der Waals surface area contributed by atoms with Crippen molar-refractivity contribution in [2.45, 2.75) is 0 Å². The van der Waals surface area contributed by atoms with E-state index < -0.39 is 12.2 Å². The van der Waals surface area contributed by atoms with Gasteiger partial charge in [0, 0.05) is 42.6 Å². The number of hydrogen-bond acceptors (Lipinski definition) is 2. The monoisotopic (exact) mass is 305 g/mol. The van der Waals surface area contributed by atoms with E-state index in [4.69, 9.17) is 10.2 Å². The topological polar surface area (TPSA) is 81.1 Å². The maximum absolute atomic E-state index is 10.2. The molecule has 2 amide bonds. The second kappa shape index (κ2) is 9.02. The third kappa shape index (κ3) is 6.49. The van der Waals surface area contributed by atoms with Gasteiger partial charge in [0.05, 0.1) is 0 Å². The fourth-order valence-electron chi connectivity index (χ4n) is 1.22. The summed E-state index contributed by atoms with van der Waals surface area (Å²) >= 11 is 0. The van der Waals surface area contributed by atoms with Crippen molar-refractivity contribution < 1.29 is 36.9 Å². The molecule has 103 valence electrons. The van der Waals surface area contributed by atoms with Crippen molar-refractivity contribution in [3.63, 3.8) is 0 Å². The Kier molecular flexibility index (Phi) is 8.08. The van der Waals surface area contributed by atoms with Gasteiger partial charge in [0.1, 0.15) is 0 Å². The van der Waals surface area contributed by atoms with E-state index in [9.17, 15) is 9.59 Å². The van der Waals surface area contributed by atoms with Crippen molar-refractivity contribution in [2.75, 3.05) is 13.1 Å². The molecule has 0 aliphatic carbocycles. The van der Waals surface area contributed by atoms with Crippen LogP contribution in [0.2, 0.25) is 0 Å². The predicted molar refractivity (Wildman–Crippen MR) is 66.0 cm³/mol. The maximum Gasteiger partial charge on any atom is 0.411 e. The Morgan fingerprint density at radius 2 is 1.16 bits per heavy atom. The fraction of sp³-hybridized carbons (Fsp3) is 0.167. The summed E-state index contributed by atoms with van der Waals surface area (Å²) in [6, 6.07) is 0. The molecule has 2 aliphatic rings. The minimum atomic E-state index is -0.907. The Hall–Kier alpha value is -1.98. The summed E-state index contributed by atoms with van der Waals surface area (Å²) in [5.41, 5.74) is 0. The van der Waals surface area contributed by atoms with Crippen LogP contribution in [0.5, 0.6) is 0 Å². The van der Waals surface area contributed by atoms with Crippen LogP contribution in [0.4, 0.5) is 9.59 Å². The molecule has 2 rings (SSSR count). The van der Waals surface area contributed by atoms with Crippen LogP contribution in [0.15, 0.2) is 48.9 Å². The first kappa shape index (κ1) is 17.0. The van der Waals surface area contributed by atoms with Crippen LogP contribution in [0.3, 0.4) is 0 Å². The number of hydrogen-bond donors (Lipinski definition) is 2. The van der Waals surface area contributed by atoms with Crippen LogP contribution in [0.1, 0.15) is 0 Å². The quantitative estimate of drug-likeness (QED) is 0.672. The number of amides is 2. The van der Waals surface area contributed by atoms with Gasteiger partial charge in [-0.1, -0.05) is 24.3 Å². The minimum Gasteiger partial charge on any atom is -0.465 e. The van der Waals surface area contributed by atoms with Crippen molar-refractivity contribution in [1.29, 1.82) is 0 Å². The molecule has 0 saturated heterocycles. The molecule has 0 aromatic rings. The molecule has 0 bridgehead atoms. The van der Waals surface area contributed by atoms with Crippen LogP contribution in [-0.4, -0.2) is 45.3 Å². The van der Waals surface area contributed by atoms with Crippen LogP contribution in [0.25, 0.3) is 0 Å². The molecule has 0 aromatic heterocycles. The van der Waals surface area contributed by atoms with E-state index in [1.165, 1.54) is 22.2 Å². The minimum absolute atomic E-state index is 0. The summed E-state index contributed by atoms with van der Waals surface area (Å²) < 4.78 is 0. The summed E-state index contributed by atoms with van der Waals surface area (Å²) in [6.45, 7) is 0.928. The smallest absolute Gasteiger partial charge is 0.411 e.